The summed E-state index contributed by atoms with van der Waals surface area (Å²) in [6.45, 7) is 4.60. The second-order valence-electron chi connectivity index (χ2n) is 11.5. The molecule has 47 heavy (non-hydrogen) atoms. The van der Waals surface area contributed by atoms with Crippen molar-refractivity contribution in [1.29, 1.82) is 5.26 Å². The number of aliphatic carboxylic acids is 1. The molecule has 1 saturated heterocycles. The summed E-state index contributed by atoms with van der Waals surface area (Å²) in [6, 6.07) is 17.9. The molecule has 4 aromatic rings. The third-order valence-electron chi connectivity index (χ3n) is 8.40. The average Bonchev–Trinajstić information content (AvgIpc) is 3.44. The van der Waals surface area contributed by atoms with Crippen molar-refractivity contribution in [3.05, 3.63) is 111 Å². The van der Waals surface area contributed by atoms with E-state index in [-0.39, 0.29) is 38.6 Å². The van der Waals surface area contributed by atoms with Gasteiger partial charge in [-0.3, -0.25) is 19.5 Å². The molecule has 0 aliphatic carbocycles. The summed E-state index contributed by atoms with van der Waals surface area (Å²) < 4.78 is 12.5. The molecule has 5 rings (SSSR count). The fourth-order valence-electron chi connectivity index (χ4n) is 5.86. The van der Waals surface area contributed by atoms with Crippen molar-refractivity contribution in [1.82, 2.24) is 15.2 Å². The fraction of sp³-hybridized carbons (Fsp3) is 0.278. The maximum Gasteiger partial charge on any atom is 0.321 e. The number of carbonyl (C=O) groups excluding carboxylic acids is 1. The van der Waals surface area contributed by atoms with Crippen LogP contribution in [0.1, 0.15) is 50.2 Å². The first-order valence-corrected chi connectivity index (χ1v) is 15.4. The number of carbonyl (C=O) groups is 2. The second kappa shape index (κ2) is 14.6. The lowest BCUT2D eigenvalue weighted by Crippen LogP contribution is -2.35. The molecule has 1 amide bonds. The zero-order valence-corrected chi connectivity index (χ0v) is 27.0. The van der Waals surface area contributed by atoms with Crippen LogP contribution in [0.15, 0.2) is 67.0 Å². The van der Waals surface area contributed by atoms with Crippen LogP contribution in [0.2, 0.25) is 5.02 Å². The van der Waals surface area contributed by atoms with Gasteiger partial charge < -0.3 is 25.0 Å². The summed E-state index contributed by atoms with van der Waals surface area (Å²) in [5.41, 5.74) is 7.02. The number of aliphatic hydroxyl groups excluding tert-OH is 1. The molecular formula is C36H35ClN4O6. The number of halogens is 1. The topological polar surface area (TPSA) is 145 Å². The predicted octanol–water partition coefficient (Wildman–Crippen LogP) is 5.43. The van der Waals surface area contributed by atoms with E-state index in [1.54, 1.807) is 42.4 Å². The van der Waals surface area contributed by atoms with Crippen molar-refractivity contribution in [3.63, 3.8) is 0 Å². The molecule has 242 valence electrons. The van der Waals surface area contributed by atoms with Crippen LogP contribution in [0, 0.1) is 25.2 Å². The first-order valence-electron chi connectivity index (χ1n) is 15.1. The van der Waals surface area contributed by atoms with Crippen LogP contribution in [-0.4, -0.2) is 57.7 Å². The number of ether oxygens (including phenoxy) is 2. The van der Waals surface area contributed by atoms with E-state index in [0.717, 1.165) is 27.8 Å². The van der Waals surface area contributed by atoms with Crippen LogP contribution in [0.25, 0.3) is 11.1 Å². The molecule has 2 atom stereocenters. The number of likely N-dealkylation sites (tertiary alicyclic amines) is 1. The van der Waals surface area contributed by atoms with E-state index < -0.39 is 18.1 Å². The third kappa shape index (κ3) is 7.55. The van der Waals surface area contributed by atoms with Crippen LogP contribution in [0.3, 0.4) is 0 Å². The third-order valence-corrected chi connectivity index (χ3v) is 8.69. The van der Waals surface area contributed by atoms with Crippen molar-refractivity contribution in [3.8, 4) is 28.7 Å². The van der Waals surface area contributed by atoms with Gasteiger partial charge in [-0.25, -0.2) is 0 Å². The van der Waals surface area contributed by atoms with Crippen LogP contribution in [0.5, 0.6) is 11.5 Å². The van der Waals surface area contributed by atoms with E-state index in [2.05, 4.69) is 16.4 Å². The average molecular weight is 655 g/mol. The number of hydrogen-bond donors (Lipinski definition) is 3. The van der Waals surface area contributed by atoms with Gasteiger partial charge in [0.25, 0.3) is 5.91 Å². The predicted molar refractivity (Wildman–Crippen MR) is 176 cm³/mol. The minimum absolute atomic E-state index is 0.0944. The van der Waals surface area contributed by atoms with Gasteiger partial charge in [0, 0.05) is 61.7 Å². The molecule has 3 aromatic carbocycles. The minimum Gasteiger partial charge on any atom is -0.488 e. The van der Waals surface area contributed by atoms with Crippen LogP contribution < -0.4 is 14.8 Å². The summed E-state index contributed by atoms with van der Waals surface area (Å²) in [5.74, 6) is -0.369. The van der Waals surface area contributed by atoms with Gasteiger partial charge in [0.1, 0.15) is 36.8 Å². The summed E-state index contributed by atoms with van der Waals surface area (Å²) >= 11 is 6.74. The smallest absolute Gasteiger partial charge is 0.321 e. The molecule has 0 spiro atoms. The SMILES string of the molecule is CNC(=O)c1cccc(-c2cccc(COc3cc(OCc4cncc(C#N)c4)c(CN4C[C@H](O)C[C@H]4C(=O)O)cc3Cl)c2C)c1C. The lowest BCUT2D eigenvalue weighted by atomic mass is 9.91. The van der Waals surface area contributed by atoms with E-state index in [9.17, 15) is 25.1 Å². The summed E-state index contributed by atoms with van der Waals surface area (Å²) in [7, 11) is 1.61. The van der Waals surface area contributed by atoms with E-state index in [1.165, 1.54) is 6.20 Å². The quantitative estimate of drug-likeness (QED) is 0.193. The Balaban J connectivity index is 1.43. The van der Waals surface area contributed by atoms with Gasteiger partial charge in [-0.1, -0.05) is 41.9 Å². The highest BCUT2D eigenvalue weighted by Gasteiger charge is 2.36. The Bertz CT molecular complexity index is 1860. The van der Waals surface area contributed by atoms with Crippen LogP contribution in [0.4, 0.5) is 0 Å². The first-order chi connectivity index (χ1) is 22.6. The van der Waals surface area contributed by atoms with Gasteiger partial charge in [-0.05, 0) is 59.9 Å². The molecule has 3 N–H and O–H groups in total. The Morgan fingerprint density at radius 2 is 1.74 bits per heavy atom. The van der Waals surface area contributed by atoms with E-state index in [0.29, 0.717) is 38.8 Å². The Morgan fingerprint density at radius 1 is 1.02 bits per heavy atom. The van der Waals surface area contributed by atoms with Crippen molar-refractivity contribution in [2.24, 2.45) is 0 Å². The minimum atomic E-state index is -1.01. The summed E-state index contributed by atoms with van der Waals surface area (Å²) in [6.07, 6.45) is 2.44. The number of carboxylic acid groups (broad SMARTS) is 1. The number of benzene rings is 3. The highest BCUT2D eigenvalue weighted by Crippen LogP contribution is 2.37. The number of hydrogen-bond acceptors (Lipinski definition) is 8. The fourth-order valence-corrected chi connectivity index (χ4v) is 6.10. The van der Waals surface area contributed by atoms with Gasteiger partial charge in [0.2, 0.25) is 0 Å². The lowest BCUT2D eigenvalue weighted by Gasteiger charge is -2.23. The highest BCUT2D eigenvalue weighted by atomic mass is 35.5. The second-order valence-corrected chi connectivity index (χ2v) is 11.9. The number of carboxylic acids is 1. The molecule has 0 bridgehead atoms. The Kier molecular flexibility index (Phi) is 10.4. The largest absolute Gasteiger partial charge is 0.488 e. The van der Waals surface area contributed by atoms with Gasteiger partial charge in [-0.15, -0.1) is 0 Å². The van der Waals surface area contributed by atoms with Gasteiger partial charge in [0.15, 0.2) is 0 Å². The number of amides is 1. The number of β-amino-alcohol motifs (C(OH)–C–C–N with tert-alkyl or cyclic N) is 1. The zero-order valence-electron chi connectivity index (χ0n) is 26.3. The first kappa shape index (κ1) is 33.4. The van der Waals surface area contributed by atoms with Crippen molar-refractivity contribution in [2.75, 3.05) is 13.6 Å². The van der Waals surface area contributed by atoms with Gasteiger partial charge in [-0.2, -0.15) is 5.26 Å². The number of pyridine rings is 1. The summed E-state index contributed by atoms with van der Waals surface area (Å²) in [4.78, 5) is 30.1. The molecular weight excluding hydrogens is 620 g/mol. The maximum absolute atomic E-state index is 12.4. The Hall–Kier alpha value is -4.95. The Labute approximate surface area is 278 Å². The van der Waals surface area contributed by atoms with E-state index in [4.69, 9.17) is 21.1 Å². The molecule has 0 radical (unpaired) electrons. The number of nitrogens with zero attached hydrogens (tertiary/aromatic N) is 3. The molecule has 1 aliphatic heterocycles. The lowest BCUT2D eigenvalue weighted by molar-refractivity contribution is -0.142. The zero-order chi connectivity index (χ0) is 33.7. The molecule has 11 heteroatoms. The standard InChI is InChI=1S/C36H35ClN4O6/c1-21-25(6-4-7-28(21)29-8-5-9-30(22(29)2)35(43)39-3)20-47-34-13-33(46-19-24-10-23(14-38)15-40-16-24)26(11-31(34)37)17-41-18-27(42)12-32(41)36(44)45/h4-11,13,15-16,27,32,42H,12,17-20H2,1-3H3,(H,39,43)(H,44,45)/t27-,32+/m1/s1. The van der Waals surface area contributed by atoms with Crippen LogP contribution >= 0.6 is 11.6 Å². The van der Waals surface area contributed by atoms with Gasteiger partial charge >= 0.3 is 5.97 Å². The molecule has 1 aliphatic rings. The van der Waals surface area contributed by atoms with Crippen molar-refractivity contribution < 1.29 is 29.3 Å². The monoisotopic (exact) mass is 654 g/mol. The molecule has 1 aromatic heterocycles. The number of nitrogens with one attached hydrogen (secondary N) is 1. The van der Waals surface area contributed by atoms with Crippen molar-refractivity contribution >= 4 is 23.5 Å². The van der Waals surface area contributed by atoms with E-state index in [1.807, 2.05) is 44.2 Å². The number of rotatable bonds is 11. The van der Waals surface area contributed by atoms with Crippen molar-refractivity contribution in [2.45, 2.75) is 52.2 Å². The normalized spacial score (nSPS) is 16.0. The molecule has 10 nitrogen and oxygen atoms in total. The summed E-state index contributed by atoms with van der Waals surface area (Å²) in [5, 5.41) is 32.2. The van der Waals surface area contributed by atoms with Gasteiger partial charge in [0.05, 0.1) is 16.7 Å². The highest BCUT2D eigenvalue weighted by molar-refractivity contribution is 6.32. The molecule has 0 saturated carbocycles. The maximum atomic E-state index is 12.4. The number of aliphatic hydroxyl groups is 1. The van der Waals surface area contributed by atoms with E-state index >= 15 is 0 Å². The van der Waals surface area contributed by atoms with Crippen LogP contribution in [-0.2, 0) is 24.6 Å². The number of aromatic nitrogens is 1. The number of nitriles is 1. The Morgan fingerprint density at radius 3 is 2.47 bits per heavy atom. The molecule has 0 unspecified atom stereocenters. The molecule has 1 fully saturated rings. The molecule has 2 heterocycles.